The van der Waals surface area contributed by atoms with Gasteiger partial charge in [-0.1, -0.05) is 113 Å². The summed E-state index contributed by atoms with van der Waals surface area (Å²) in [4.78, 5) is 18.6. The number of aliphatic carboxylic acids is 1. The molecule has 0 aliphatic heterocycles. The highest BCUT2D eigenvalue weighted by atomic mass is 32.1. The van der Waals surface area contributed by atoms with Gasteiger partial charge in [0.05, 0.1) is 6.57 Å². The lowest BCUT2D eigenvalue weighted by molar-refractivity contribution is -0.132. The number of hydrogen-bond donors (Lipinski definition) is 1. The molecule has 8 rings (SSSR count). The maximum atomic E-state index is 11.1. The van der Waals surface area contributed by atoms with Crippen molar-refractivity contribution in [3.05, 3.63) is 188 Å². The molecule has 5 aromatic carbocycles. The highest BCUT2D eigenvalue weighted by Gasteiger charge is 2.37. The molecule has 1 heterocycles. The van der Waals surface area contributed by atoms with E-state index in [0.29, 0.717) is 0 Å². The minimum atomic E-state index is -1.22. The van der Waals surface area contributed by atoms with Crippen LogP contribution < -0.4 is 4.90 Å². The van der Waals surface area contributed by atoms with Crippen LogP contribution in [0.1, 0.15) is 65.3 Å². The van der Waals surface area contributed by atoms with E-state index in [-0.39, 0.29) is 16.5 Å². The quantitative estimate of drug-likeness (QED) is 0.0973. The average Bonchev–Trinajstić information content (AvgIpc) is 3.79. The van der Waals surface area contributed by atoms with Gasteiger partial charge in [-0.25, -0.2) is 4.85 Å². The van der Waals surface area contributed by atoms with Crippen LogP contribution in [0.5, 0.6) is 0 Å². The number of fused-ring (bicyclic) bond motifs is 6. The molecule has 6 aromatic rings. The van der Waals surface area contributed by atoms with Crippen molar-refractivity contribution in [3.8, 4) is 22.3 Å². The molecule has 0 radical (unpaired) electrons. The van der Waals surface area contributed by atoms with Gasteiger partial charge in [0.1, 0.15) is 0 Å². The Morgan fingerprint density at radius 2 is 1.11 bits per heavy atom. The third-order valence-electron chi connectivity index (χ3n) is 10.7. The van der Waals surface area contributed by atoms with Gasteiger partial charge in [0.25, 0.3) is 5.70 Å². The lowest BCUT2D eigenvalue weighted by Gasteiger charge is -2.29. The molecule has 2 aliphatic rings. The van der Waals surface area contributed by atoms with E-state index in [1.165, 1.54) is 50.6 Å². The number of anilines is 3. The molecule has 2 aliphatic carbocycles. The fraction of sp³-hybridized carbons (Fsp3) is 0.125. The van der Waals surface area contributed by atoms with Crippen molar-refractivity contribution in [1.82, 2.24) is 0 Å². The molecule has 0 saturated heterocycles. The van der Waals surface area contributed by atoms with Gasteiger partial charge in [-0.05, 0) is 117 Å². The van der Waals surface area contributed by atoms with Crippen LogP contribution in [0.4, 0.5) is 17.1 Å². The smallest absolute Gasteiger partial charge is 0.333 e. The van der Waals surface area contributed by atoms with E-state index in [0.717, 1.165) is 32.4 Å². The summed E-state index contributed by atoms with van der Waals surface area (Å²) in [5.74, 6) is -1.22. The number of thiophene rings is 1. The largest absolute Gasteiger partial charge is 0.486 e. The molecular formula is C48H38N2O2S. The average molecular weight is 707 g/mol. The van der Waals surface area contributed by atoms with Crippen LogP contribution in [0, 0.1) is 6.57 Å². The van der Waals surface area contributed by atoms with E-state index in [1.807, 2.05) is 18.2 Å². The molecule has 0 atom stereocenters. The van der Waals surface area contributed by atoms with Gasteiger partial charge < -0.3 is 10.0 Å². The molecule has 4 nitrogen and oxygen atoms in total. The van der Waals surface area contributed by atoms with Crippen LogP contribution in [0.2, 0.25) is 0 Å². The summed E-state index contributed by atoms with van der Waals surface area (Å²) in [6.07, 6.45) is 8.94. The van der Waals surface area contributed by atoms with Crippen LogP contribution in [0.25, 0.3) is 45.3 Å². The summed E-state index contributed by atoms with van der Waals surface area (Å²) in [5, 5.41) is 9.06. The Hall–Kier alpha value is -6.22. The molecule has 258 valence electrons. The Morgan fingerprint density at radius 3 is 1.64 bits per heavy atom. The fourth-order valence-electron chi connectivity index (χ4n) is 7.96. The third-order valence-corrected chi connectivity index (χ3v) is 11.8. The van der Waals surface area contributed by atoms with Crippen LogP contribution >= 0.6 is 11.3 Å². The predicted octanol–water partition coefficient (Wildman–Crippen LogP) is 12.9. The molecule has 1 aromatic heterocycles. The molecule has 5 heteroatoms. The summed E-state index contributed by atoms with van der Waals surface area (Å²) in [6, 6.07) is 44.2. The minimum Gasteiger partial charge on any atom is -0.486 e. The lowest BCUT2D eigenvalue weighted by Crippen LogP contribution is -2.18. The van der Waals surface area contributed by atoms with E-state index in [4.69, 9.17) is 11.7 Å². The Kier molecular flexibility index (Phi) is 8.36. The number of nitrogens with zero attached hydrogens (tertiary/aromatic N) is 2. The number of carboxylic acid groups (broad SMARTS) is 1. The van der Waals surface area contributed by atoms with E-state index >= 15 is 0 Å². The molecule has 0 unspecified atom stereocenters. The maximum absolute atomic E-state index is 11.1. The van der Waals surface area contributed by atoms with Crippen molar-refractivity contribution in [3.63, 3.8) is 0 Å². The van der Waals surface area contributed by atoms with Gasteiger partial charge in [0.2, 0.25) is 0 Å². The summed E-state index contributed by atoms with van der Waals surface area (Å²) in [5.41, 5.74) is 14.5. The highest BCUT2D eigenvalue weighted by Crippen LogP contribution is 2.53. The second-order valence-corrected chi connectivity index (χ2v) is 15.8. The van der Waals surface area contributed by atoms with Gasteiger partial charge in [-0.3, -0.25) is 4.79 Å². The van der Waals surface area contributed by atoms with Crippen molar-refractivity contribution >= 4 is 52.6 Å². The van der Waals surface area contributed by atoms with Crippen molar-refractivity contribution in [1.29, 1.82) is 0 Å². The molecule has 1 N–H and O–H groups in total. The number of allylic oxidation sites excluding steroid dienone is 2. The molecule has 0 saturated carbocycles. The molecule has 0 amide bonds. The van der Waals surface area contributed by atoms with Gasteiger partial charge in [0.15, 0.2) is 0 Å². The molecule has 0 fully saturated rings. The monoisotopic (exact) mass is 706 g/mol. The van der Waals surface area contributed by atoms with Gasteiger partial charge >= 0.3 is 5.97 Å². The van der Waals surface area contributed by atoms with Crippen LogP contribution in [0.3, 0.4) is 0 Å². The predicted molar refractivity (Wildman–Crippen MR) is 221 cm³/mol. The summed E-state index contributed by atoms with van der Waals surface area (Å²) in [6.45, 7) is 16.3. The van der Waals surface area contributed by atoms with Crippen molar-refractivity contribution < 1.29 is 9.90 Å². The zero-order chi connectivity index (χ0) is 36.9. The summed E-state index contributed by atoms with van der Waals surface area (Å²) in [7, 11) is 0. The first kappa shape index (κ1) is 33.9. The second-order valence-electron chi connectivity index (χ2n) is 14.6. The van der Waals surface area contributed by atoms with Crippen molar-refractivity contribution in [2.45, 2.75) is 38.5 Å². The third kappa shape index (κ3) is 5.92. The molecule has 53 heavy (non-hydrogen) atoms. The Bertz CT molecular complexity index is 2450. The molecule has 0 spiro atoms. The van der Waals surface area contributed by atoms with E-state index in [1.54, 1.807) is 17.4 Å². The van der Waals surface area contributed by atoms with Gasteiger partial charge in [0, 0.05) is 37.6 Å². The number of carboxylic acids is 1. The topological polar surface area (TPSA) is 44.9 Å². The Labute approximate surface area is 315 Å². The number of benzene rings is 5. The van der Waals surface area contributed by atoms with Crippen molar-refractivity contribution in [2.24, 2.45) is 0 Å². The first-order valence-corrected chi connectivity index (χ1v) is 18.5. The number of hydrogen-bond acceptors (Lipinski definition) is 3. The molecule has 0 bridgehead atoms. The zero-order valence-electron chi connectivity index (χ0n) is 30.1. The number of rotatable bonds is 8. The second kappa shape index (κ2) is 13.1. The van der Waals surface area contributed by atoms with E-state index in [2.05, 4.69) is 159 Å². The maximum Gasteiger partial charge on any atom is 0.333 e. The Morgan fingerprint density at radius 1 is 0.623 bits per heavy atom. The molecular weight excluding hydrogens is 669 g/mol. The summed E-state index contributed by atoms with van der Waals surface area (Å²) >= 11 is 1.60. The number of carbonyl (C=O) groups is 1. The van der Waals surface area contributed by atoms with Crippen LogP contribution in [0.15, 0.2) is 139 Å². The normalized spacial score (nSPS) is 14.8. The summed E-state index contributed by atoms with van der Waals surface area (Å²) < 4.78 is 0. The Balaban J connectivity index is 1.14. The van der Waals surface area contributed by atoms with Crippen LogP contribution in [-0.4, -0.2) is 11.1 Å². The SMILES string of the molecule is [C-]#[N+]C(=CC=Cc1ccc(C=Cc2ccc(N(c3ccc4c(c3)C(C)(C)c3ccccc3-4)c3ccc4c(c3)C(C)(C)c3ccccc3-4)cc2)s1)C(=O)O. The zero-order valence-corrected chi connectivity index (χ0v) is 30.9. The highest BCUT2D eigenvalue weighted by molar-refractivity contribution is 7.13. The first-order valence-electron chi connectivity index (χ1n) is 17.7. The van der Waals surface area contributed by atoms with Crippen molar-refractivity contribution in [2.75, 3.05) is 4.90 Å². The lowest BCUT2D eigenvalue weighted by atomic mass is 9.82. The first-order chi connectivity index (χ1) is 25.6. The van der Waals surface area contributed by atoms with E-state index in [9.17, 15) is 4.79 Å². The fourth-order valence-corrected chi connectivity index (χ4v) is 8.79. The minimum absolute atomic E-state index is 0.114. The van der Waals surface area contributed by atoms with E-state index < -0.39 is 5.97 Å². The van der Waals surface area contributed by atoms with Crippen LogP contribution in [-0.2, 0) is 15.6 Å². The van der Waals surface area contributed by atoms with Gasteiger partial charge in [-0.2, -0.15) is 0 Å². The standard InChI is InChI=1S/C48H38N2O2S/c1-47(2)41-14-8-6-12-37(41)39-27-22-33(29-43(39)47)50(34-23-28-40-38-13-7-9-15-42(38)48(3,4)44(40)30-34)32-20-17-31(18-21-32)19-24-36-26-25-35(53-36)11-10-16-45(49-5)46(51)52/h6-30H,1-4H3,(H,51,52). The van der Waals surface area contributed by atoms with Gasteiger partial charge in [-0.15, -0.1) is 11.3 Å².